The first kappa shape index (κ1) is 32.0. The van der Waals surface area contributed by atoms with Crippen molar-refractivity contribution in [3.63, 3.8) is 0 Å². The van der Waals surface area contributed by atoms with Crippen LogP contribution in [0.4, 0.5) is 20.6 Å². The van der Waals surface area contributed by atoms with Crippen LogP contribution in [0.15, 0.2) is 103 Å². The van der Waals surface area contributed by atoms with Crippen molar-refractivity contribution >= 4 is 27.4 Å². The number of urea groups is 1. The number of unbranched alkanes of at least 4 members (excludes halogenated alkanes) is 1. The first-order valence-corrected chi connectivity index (χ1v) is 17.0. The lowest BCUT2D eigenvalue weighted by Gasteiger charge is -2.33. The van der Waals surface area contributed by atoms with Gasteiger partial charge in [0.15, 0.2) is 0 Å². The number of para-hydroxylation sites is 1. The van der Waals surface area contributed by atoms with E-state index in [0.717, 1.165) is 35.9 Å². The van der Waals surface area contributed by atoms with Crippen molar-refractivity contribution in [1.29, 1.82) is 0 Å². The Labute approximate surface area is 264 Å². The Morgan fingerprint density at radius 3 is 2.24 bits per heavy atom. The van der Waals surface area contributed by atoms with Gasteiger partial charge in [0.25, 0.3) is 0 Å². The number of ether oxygens (including phenoxy) is 1. The SMILES string of the molecule is CCCCN(C(=O)Nc1ccccc1)C1CN(Cc2ccc(Oc3ccc(NS(C)(=O)=O)cc3)cc2)CC1c1cccc(F)c1. The van der Waals surface area contributed by atoms with Gasteiger partial charge in [0.2, 0.25) is 10.0 Å². The molecule has 45 heavy (non-hydrogen) atoms. The molecule has 0 saturated carbocycles. The maximum absolute atomic E-state index is 14.4. The van der Waals surface area contributed by atoms with Gasteiger partial charge in [-0.05, 0) is 78.2 Å². The molecule has 2 amide bonds. The molecule has 0 aliphatic carbocycles. The zero-order valence-corrected chi connectivity index (χ0v) is 26.3. The molecule has 2 N–H and O–H groups in total. The van der Waals surface area contributed by atoms with E-state index < -0.39 is 10.0 Å². The van der Waals surface area contributed by atoms with Crippen LogP contribution >= 0.6 is 0 Å². The van der Waals surface area contributed by atoms with Crippen LogP contribution in [0.25, 0.3) is 0 Å². The van der Waals surface area contributed by atoms with Gasteiger partial charge in [0.05, 0.1) is 12.3 Å². The molecular formula is C35H39FN4O4S. The predicted molar refractivity (Wildman–Crippen MR) is 177 cm³/mol. The Morgan fingerprint density at radius 1 is 0.911 bits per heavy atom. The molecule has 1 saturated heterocycles. The summed E-state index contributed by atoms with van der Waals surface area (Å²) in [6.07, 6.45) is 2.92. The van der Waals surface area contributed by atoms with E-state index in [2.05, 4.69) is 21.9 Å². The number of amides is 2. The number of anilines is 2. The lowest BCUT2D eigenvalue weighted by molar-refractivity contribution is 0.180. The molecule has 0 spiro atoms. The van der Waals surface area contributed by atoms with Gasteiger partial charge in [-0.3, -0.25) is 9.62 Å². The monoisotopic (exact) mass is 630 g/mol. The molecule has 0 bridgehead atoms. The van der Waals surface area contributed by atoms with Crippen molar-refractivity contribution in [2.75, 3.05) is 35.9 Å². The van der Waals surface area contributed by atoms with Crippen molar-refractivity contribution in [1.82, 2.24) is 9.80 Å². The van der Waals surface area contributed by atoms with E-state index in [1.54, 1.807) is 36.4 Å². The van der Waals surface area contributed by atoms with Crippen LogP contribution in [0.1, 0.15) is 36.8 Å². The van der Waals surface area contributed by atoms with Crippen LogP contribution in [0, 0.1) is 5.82 Å². The number of hydrogen-bond donors (Lipinski definition) is 2. The van der Waals surface area contributed by atoms with Crippen molar-refractivity contribution in [3.05, 3.63) is 120 Å². The predicted octanol–water partition coefficient (Wildman–Crippen LogP) is 7.29. The number of rotatable bonds is 12. The van der Waals surface area contributed by atoms with Gasteiger partial charge in [-0.25, -0.2) is 17.6 Å². The Hall–Kier alpha value is -4.41. The van der Waals surface area contributed by atoms with Gasteiger partial charge >= 0.3 is 6.03 Å². The second kappa shape index (κ2) is 14.6. The van der Waals surface area contributed by atoms with E-state index in [1.165, 1.54) is 6.07 Å². The molecule has 236 valence electrons. The Balaban J connectivity index is 1.30. The summed E-state index contributed by atoms with van der Waals surface area (Å²) in [5, 5.41) is 3.07. The highest BCUT2D eigenvalue weighted by molar-refractivity contribution is 7.92. The third-order valence-corrected chi connectivity index (χ3v) is 8.41. The third kappa shape index (κ3) is 9.06. The van der Waals surface area contributed by atoms with Crippen LogP contribution in [0.3, 0.4) is 0 Å². The number of carbonyl (C=O) groups is 1. The van der Waals surface area contributed by atoms with Crippen LogP contribution < -0.4 is 14.8 Å². The Kier molecular flexibility index (Phi) is 10.4. The second-order valence-electron chi connectivity index (χ2n) is 11.4. The summed E-state index contributed by atoms with van der Waals surface area (Å²) in [7, 11) is -3.35. The van der Waals surface area contributed by atoms with E-state index in [-0.39, 0.29) is 23.8 Å². The largest absolute Gasteiger partial charge is 0.457 e. The summed E-state index contributed by atoms with van der Waals surface area (Å²) >= 11 is 0. The minimum atomic E-state index is -3.35. The van der Waals surface area contributed by atoms with E-state index in [4.69, 9.17) is 4.74 Å². The molecule has 4 aromatic carbocycles. The van der Waals surface area contributed by atoms with Crippen LogP contribution in [-0.2, 0) is 16.6 Å². The number of halogens is 1. The van der Waals surface area contributed by atoms with Gasteiger partial charge < -0.3 is 15.0 Å². The fourth-order valence-corrected chi connectivity index (χ4v) is 6.27. The third-order valence-electron chi connectivity index (χ3n) is 7.80. The van der Waals surface area contributed by atoms with Gasteiger partial charge in [-0.2, -0.15) is 0 Å². The number of likely N-dealkylation sites (tertiary alicyclic amines) is 1. The van der Waals surface area contributed by atoms with Gasteiger partial charge in [-0.1, -0.05) is 55.8 Å². The van der Waals surface area contributed by atoms with Gasteiger partial charge in [0, 0.05) is 43.5 Å². The molecule has 0 aromatic heterocycles. The topological polar surface area (TPSA) is 91.0 Å². The van der Waals surface area contributed by atoms with Gasteiger partial charge in [0.1, 0.15) is 17.3 Å². The lowest BCUT2D eigenvalue weighted by Crippen LogP contribution is -2.47. The normalized spacial score (nSPS) is 16.7. The number of hydrogen-bond acceptors (Lipinski definition) is 5. The molecule has 8 nitrogen and oxygen atoms in total. The molecule has 1 fully saturated rings. The number of benzene rings is 4. The lowest BCUT2D eigenvalue weighted by atomic mass is 9.93. The molecule has 1 aliphatic heterocycles. The fraction of sp³-hybridized carbons (Fsp3) is 0.286. The summed E-state index contributed by atoms with van der Waals surface area (Å²) in [4.78, 5) is 17.9. The average molecular weight is 631 g/mol. The van der Waals surface area contributed by atoms with E-state index in [9.17, 15) is 17.6 Å². The highest BCUT2D eigenvalue weighted by Crippen LogP contribution is 2.34. The summed E-state index contributed by atoms with van der Waals surface area (Å²) in [5.74, 6) is 0.906. The smallest absolute Gasteiger partial charge is 0.322 e. The number of nitrogens with one attached hydrogen (secondary N) is 2. The van der Waals surface area contributed by atoms with Crippen molar-refractivity contribution in [2.45, 2.75) is 38.3 Å². The number of nitrogens with zero attached hydrogens (tertiary/aromatic N) is 2. The average Bonchev–Trinajstić information content (AvgIpc) is 3.42. The van der Waals surface area contributed by atoms with Crippen LogP contribution in [-0.4, -0.2) is 56.2 Å². The van der Waals surface area contributed by atoms with Crippen molar-refractivity contribution in [2.24, 2.45) is 0 Å². The highest BCUT2D eigenvalue weighted by Gasteiger charge is 2.39. The molecule has 5 rings (SSSR count). The summed E-state index contributed by atoms with van der Waals surface area (Å²) in [5.41, 5.74) is 3.18. The van der Waals surface area contributed by atoms with Crippen LogP contribution in [0.2, 0.25) is 0 Å². The van der Waals surface area contributed by atoms with E-state index >= 15 is 0 Å². The van der Waals surface area contributed by atoms with Crippen LogP contribution in [0.5, 0.6) is 11.5 Å². The Bertz CT molecular complexity index is 1670. The molecular weight excluding hydrogens is 591 g/mol. The molecule has 1 heterocycles. The fourth-order valence-electron chi connectivity index (χ4n) is 5.70. The summed E-state index contributed by atoms with van der Waals surface area (Å²) in [6, 6.07) is 30.4. The van der Waals surface area contributed by atoms with E-state index in [0.29, 0.717) is 43.4 Å². The quantitative estimate of drug-likeness (QED) is 0.172. The standard InChI is InChI=1S/C35H39FN4O4S/c1-3-4-21-40(35(41)37-29-11-6-5-7-12-29)34-25-39(24-33(34)27-9-8-10-28(36)22-27)23-26-13-17-31(18-14-26)44-32-19-15-30(16-20-32)38-45(2,42)43/h5-20,22,33-34,38H,3-4,21,23-25H2,1-2H3,(H,37,41). The van der Waals surface area contributed by atoms with E-state index in [1.807, 2.05) is 65.6 Å². The van der Waals surface area contributed by atoms with Crippen molar-refractivity contribution < 1.29 is 22.3 Å². The first-order valence-electron chi connectivity index (χ1n) is 15.1. The zero-order valence-electron chi connectivity index (χ0n) is 25.5. The molecule has 2 atom stereocenters. The second-order valence-corrected chi connectivity index (χ2v) is 13.2. The molecule has 1 aliphatic rings. The van der Waals surface area contributed by atoms with Gasteiger partial charge in [-0.15, -0.1) is 0 Å². The minimum Gasteiger partial charge on any atom is -0.457 e. The number of carbonyl (C=O) groups excluding carboxylic acids is 1. The molecule has 0 radical (unpaired) electrons. The number of sulfonamides is 1. The molecule has 2 unspecified atom stereocenters. The summed E-state index contributed by atoms with van der Waals surface area (Å²) < 4.78 is 45.7. The summed E-state index contributed by atoms with van der Waals surface area (Å²) in [6.45, 7) is 4.71. The zero-order chi connectivity index (χ0) is 31.8. The maximum Gasteiger partial charge on any atom is 0.322 e. The Morgan fingerprint density at radius 2 is 1.60 bits per heavy atom. The van der Waals surface area contributed by atoms with Crippen molar-refractivity contribution in [3.8, 4) is 11.5 Å². The minimum absolute atomic E-state index is 0.0538. The molecule has 10 heteroatoms. The highest BCUT2D eigenvalue weighted by atomic mass is 32.2. The molecule has 4 aromatic rings. The first-order chi connectivity index (χ1) is 21.7. The maximum atomic E-state index is 14.4.